The summed E-state index contributed by atoms with van der Waals surface area (Å²) in [4.78, 5) is 25.3. The minimum atomic E-state index is -0.937. The summed E-state index contributed by atoms with van der Waals surface area (Å²) in [6, 6.07) is 13.0. The van der Waals surface area contributed by atoms with Gasteiger partial charge in [0, 0.05) is 32.4 Å². The minimum absolute atomic E-state index is 0.146. The molecule has 0 aliphatic carbocycles. The van der Waals surface area contributed by atoms with E-state index < -0.39 is 5.97 Å². The van der Waals surface area contributed by atoms with Crippen molar-refractivity contribution in [1.82, 2.24) is 4.90 Å². The molecule has 2 aromatic carbocycles. The Hall–Kier alpha value is -2.82. The van der Waals surface area contributed by atoms with Gasteiger partial charge in [-0.2, -0.15) is 0 Å². The van der Waals surface area contributed by atoms with E-state index in [1.807, 2.05) is 4.90 Å². The van der Waals surface area contributed by atoms with Crippen LogP contribution in [0.15, 0.2) is 42.5 Å². The number of carboxylic acids is 1. The normalized spacial score (nSPS) is 14.7. The number of carbonyl (C=O) groups excluding carboxylic acids is 1. The fourth-order valence-electron chi connectivity index (χ4n) is 3.46. The third kappa shape index (κ3) is 5.12. The lowest BCUT2D eigenvalue weighted by Gasteiger charge is -2.32. The largest absolute Gasteiger partial charge is 0.490 e. The first-order chi connectivity index (χ1) is 13.4. The van der Waals surface area contributed by atoms with Gasteiger partial charge in [-0.1, -0.05) is 24.3 Å². The van der Waals surface area contributed by atoms with Crippen LogP contribution in [0.2, 0.25) is 0 Å². The first-order valence-electron chi connectivity index (χ1n) is 9.76. The van der Waals surface area contributed by atoms with Crippen molar-refractivity contribution in [3.8, 4) is 5.75 Å². The second kappa shape index (κ2) is 8.91. The molecule has 5 nitrogen and oxygen atoms in total. The maximum atomic E-state index is 12.5. The molecule has 28 heavy (non-hydrogen) atoms. The molecule has 0 saturated carbocycles. The predicted octanol–water partition coefficient (Wildman–Crippen LogP) is 4.00. The Labute approximate surface area is 165 Å². The van der Waals surface area contributed by atoms with Gasteiger partial charge in [0.1, 0.15) is 11.9 Å². The topological polar surface area (TPSA) is 66.8 Å². The maximum absolute atomic E-state index is 12.5. The summed E-state index contributed by atoms with van der Waals surface area (Å²) in [5.74, 6) is 0.149. The number of hydrogen-bond donors (Lipinski definition) is 1. The lowest BCUT2D eigenvalue weighted by Crippen LogP contribution is -2.41. The second-order valence-corrected chi connectivity index (χ2v) is 7.47. The monoisotopic (exact) mass is 381 g/mol. The van der Waals surface area contributed by atoms with Crippen LogP contribution in [0, 0.1) is 13.8 Å². The van der Waals surface area contributed by atoms with Crippen molar-refractivity contribution in [3.05, 3.63) is 64.7 Å². The fourth-order valence-corrected chi connectivity index (χ4v) is 3.46. The minimum Gasteiger partial charge on any atom is -0.490 e. The summed E-state index contributed by atoms with van der Waals surface area (Å²) >= 11 is 0. The number of hydrogen-bond acceptors (Lipinski definition) is 3. The highest BCUT2D eigenvalue weighted by atomic mass is 16.5. The first kappa shape index (κ1) is 19.9. The van der Waals surface area contributed by atoms with E-state index in [0.717, 1.165) is 29.7 Å². The van der Waals surface area contributed by atoms with Gasteiger partial charge >= 0.3 is 5.97 Å². The molecule has 3 rings (SSSR count). The molecule has 1 amide bonds. The molecule has 0 atom stereocenters. The van der Waals surface area contributed by atoms with Crippen molar-refractivity contribution >= 4 is 11.9 Å². The third-order valence-corrected chi connectivity index (χ3v) is 5.26. The number of carboxylic acid groups (broad SMARTS) is 1. The molecular weight excluding hydrogens is 354 g/mol. The van der Waals surface area contributed by atoms with E-state index >= 15 is 0 Å². The highest BCUT2D eigenvalue weighted by Gasteiger charge is 2.24. The zero-order chi connectivity index (χ0) is 20.1. The molecule has 1 fully saturated rings. The molecule has 1 aliphatic rings. The number of rotatable bonds is 6. The fraction of sp³-hybridized carbons (Fsp3) is 0.391. The number of carbonyl (C=O) groups is 2. The smallest absolute Gasteiger partial charge is 0.335 e. The van der Waals surface area contributed by atoms with Gasteiger partial charge in [-0.15, -0.1) is 0 Å². The van der Waals surface area contributed by atoms with Crippen LogP contribution in [0.1, 0.15) is 46.3 Å². The SMILES string of the molecule is Cc1ccc(C)c(OC2CCN(C(=O)CCc3ccc(C(=O)O)cc3)CC2)c1. The highest BCUT2D eigenvalue weighted by molar-refractivity contribution is 5.87. The van der Waals surface area contributed by atoms with E-state index in [9.17, 15) is 9.59 Å². The lowest BCUT2D eigenvalue weighted by atomic mass is 10.0. The summed E-state index contributed by atoms with van der Waals surface area (Å²) in [5.41, 5.74) is 3.56. The summed E-state index contributed by atoms with van der Waals surface area (Å²) in [6.07, 6.45) is 2.89. The number of likely N-dealkylation sites (tertiary alicyclic amines) is 1. The van der Waals surface area contributed by atoms with Crippen LogP contribution in [0.4, 0.5) is 0 Å². The average Bonchev–Trinajstić information content (AvgIpc) is 2.70. The van der Waals surface area contributed by atoms with Gasteiger partial charge in [0.05, 0.1) is 5.56 Å². The van der Waals surface area contributed by atoms with Crippen LogP contribution in [-0.4, -0.2) is 41.1 Å². The summed E-state index contributed by atoms with van der Waals surface area (Å²) in [6.45, 7) is 5.54. The first-order valence-corrected chi connectivity index (χ1v) is 9.76. The van der Waals surface area contributed by atoms with Crippen molar-refractivity contribution < 1.29 is 19.4 Å². The van der Waals surface area contributed by atoms with Gasteiger partial charge in [0.2, 0.25) is 5.91 Å². The van der Waals surface area contributed by atoms with Crippen molar-refractivity contribution in [2.24, 2.45) is 0 Å². The van der Waals surface area contributed by atoms with E-state index in [1.54, 1.807) is 24.3 Å². The molecule has 1 heterocycles. The van der Waals surface area contributed by atoms with Crippen LogP contribution in [0.3, 0.4) is 0 Å². The van der Waals surface area contributed by atoms with Crippen LogP contribution < -0.4 is 4.74 Å². The van der Waals surface area contributed by atoms with Gasteiger partial charge in [-0.3, -0.25) is 4.79 Å². The number of piperidine rings is 1. The molecule has 0 unspecified atom stereocenters. The number of aromatic carboxylic acids is 1. The van der Waals surface area contributed by atoms with Gasteiger partial charge < -0.3 is 14.7 Å². The zero-order valence-corrected chi connectivity index (χ0v) is 16.5. The van der Waals surface area contributed by atoms with Gasteiger partial charge in [0.25, 0.3) is 0 Å². The van der Waals surface area contributed by atoms with E-state index in [1.165, 1.54) is 5.56 Å². The summed E-state index contributed by atoms with van der Waals surface area (Å²) in [7, 11) is 0. The molecule has 0 bridgehead atoms. The molecule has 2 aromatic rings. The molecule has 0 radical (unpaired) electrons. The lowest BCUT2D eigenvalue weighted by molar-refractivity contribution is -0.132. The Bertz CT molecular complexity index is 836. The van der Waals surface area contributed by atoms with Crippen molar-refractivity contribution in [2.45, 2.75) is 45.6 Å². The van der Waals surface area contributed by atoms with Crippen molar-refractivity contribution in [2.75, 3.05) is 13.1 Å². The van der Waals surface area contributed by atoms with Crippen LogP contribution in [0.25, 0.3) is 0 Å². The number of benzene rings is 2. The number of amides is 1. The van der Waals surface area contributed by atoms with Gasteiger partial charge in [-0.25, -0.2) is 4.79 Å². The Kier molecular flexibility index (Phi) is 6.34. The highest BCUT2D eigenvalue weighted by Crippen LogP contribution is 2.24. The zero-order valence-electron chi connectivity index (χ0n) is 16.5. The Morgan fingerprint density at radius 2 is 1.75 bits per heavy atom. The van der Waals surface area contributed by atoms with Gasteiger partial charge in [-0.05, 0) is 55.2 Å². The number of aryl methyl sites for hydroxylation is 3. The summed E-state index contributed by atoms with van der Waals surface area (Å²) < 4.78 is 6.17. The quantitative estimate of drug-likeness (QED) is 0.821. The molecule has 1 aliphatic heterocycles. The standard InChI is InChI=1S/C23H27NO4/c1-16-3-4-17(2)21(15-16)28-20-11-13-24(14-12-20)22(25)10-7-18-5-8-19(9-6-18)23(26)27/h3-6,8-9,15,20H,7,10-14H2,1-2H3,(H,26,27). The number of nitrogens with zero attached hydrogens (tertiary/aromatic N) is 1. The molecule has 0 spiro atoms. The molecular formula is C23H27NO4. The van der Waals surface area contributed by atoms with E-state index in [0.29, 0.717) is 25.9 Å². The Morgan fingerprint density at radius 1 is 1.07 bits per heavy atom. The Morgan fingerprint density at radius 3 is 2.39 bits per heavy atom. The second-order valence-electron chi connectivity index (χ2n) is 7.47. The average molecular weight is 381 g/mol. The van der Waals surface area contributed by atoms with E-state index in [4.69, 9.17) is 9.84 Å². The van der Waals surface area contributed by atoms with Crippen LogP contribution in [-0.2, 0) is 11.2 Å². The molecule has 1 N–H and O–H groups in total. The molecule has 148 valence electrons. The molecule has 5 heteroatoms. The molecule has 1 saturated heterocycles. The van der Waals surface area contributed by atoms with Crippen molar-refractivity contribution in [1.29, 1.82) is 0 Å². The predicted molar refractivity (Wildman–Crippen MR) is 108 cm³/mol. The van der Waals surface area contributed by atoms with E-state index in [-0.39, 0.29) is 17.6 Å². The van der Waals surface area contributed by atoms with E-state index in [2.05, 4.69) is 32.0 Å². The number of ether oxygens (including phenoxy) is 1. The van der Waals surface area contributed by atoms with Crippen LogP contribution >= 0.6 is 0 Å². The van der Waals surface area contributed by atoms with Gasteiger partial charge in [0.15, 0.2) is 0 Å². The van der Waals surface area contributed by atoms with Crippen LogP contribution in [0.5, 0.6) is 5.75 Å². The third-order valence-electron chi connectivity index (χ3n) is 5.26. The summed E-state index contributed by atoms with van der Waals surface area (Å²) in [5, 5.41) is 8.94. The van der Waals surface area contributed by atoms with Crippen molar-refractivity contribution in [3.63, 3.8) is 0 Å². The maximum Gasteiger partial charge on any atom is 0.335 e. The molecule has 0 aromatic heterocycles. The Balaban J connectivity index is 1.45.